The number of hydrogen-bond acceptors (Lipinski definition) is 5. The van der Waals surface area contributed by atoms with E-state index in [0.29, 0.717) is 48.2 Å². The first-order chi connectivity index (χ1) is 13.1. The molecule has 0 aromatic heterocycles. The van der Waals surface area contributed by atoms with E-state index in [9.17, 15) is 24.9 Å². The lowest BCUT2D eigenvalue weighted by Gasteiger charge is -2.20. The average Bonchev–Trinajstić information content (AvgIpc) is 3.06. The van der Waals surface area contributed by atoms with Gasteiger partial charge in [0.25, 0.3) is 5.91 Å². The molecule has 2 rings (SSSR count). The lowest BCUT2D eigenvalue weighted by Crippen LogP contribution is -2.43. The first-order valence-corrected chi connectivity index (χ1v) is 9.55. The van der Waals surface area contributed by atoms with Crippen molar-refractivity contribution < 1.29 is 24.9 Å². The number of nitrogens with one attached hydrogen (secondary N) is 1. The molecule has 4 N–H and O–H groups in total. The minimum atomic E-state index is -1.78. The molecule has 28 heavy (non-hydrogen) atoms. The van der Waals surface area contributed by atoms with Crippen molar-refractivity contribution in [3.8, 4) is 11.5 Å². The fourth-order valence-corrected chi connectivity index (χ4v) is 3.26. The van der Waals surface area contributed by atoms with Gasteiger partial charge in [-0.05, 0) is 57.7 Å². The molecule has 7 heteroatoms. The summed E-state index contributed by atoms with van der Waals surface area (Å²) >= 11 is 0. The standard InChI is InChI=1S/C21H30N2O5/c1-13-14(2)19(26)16(15(3)18(13)25)8-9-21(4,28)20(27)22-10-6-12-23-11-5-7-17(23)24/h8-9,25-26,28H,5-7,10-12H2,1-4H3,(H,22,27). The largest absolute Gasteiger partial charge is 0.507 e. The molecule has 1 aromatic rings. The number of carbonyl (C=O) groups excluding carboxylic acids is 2. The number of rotatable bonds is 7. The van der Waals surface area contributed by atoms with E-state index in [-0.39, 0.29) is 17.4 Å². The highest BCUT2D eigenvalue weighted by Crippen LogP contribution is 2.37. The maximum absolute atomic E-state index is 12.3. The summed E-state index contributed by atoms with van der Waals surface area (Å²) in [4.78, 5) is 25.6. The van der Waals surface area contributed by atoms with Gasteiger partial charge in [-0.2, -0.15) is 0 Å². The third kappa shape index (κ3) is 4.65. The second-order valence-electron chi connectivity index (χ2n) is 7.56. The van der Waals surface area contributed by atoms with Crippen LogP contribution in [0.2, 0.25) is 0 Å². The zero-order chi connectivity index (χ0) is 21.1. The molecule has 1 aliphatic rings. The first-order valence-electron chi connectivity index (χ1n) is 9.55. The van der Waals surface area contributed by atoms with Crippen LogP contribution in [0.1, 0.15) is 48.4 Å². The molecular formula is C21H30N2O5. The van der Waals surface area contributed by atoms with Crippen LogP contribution < -0.4 is 5.32 Å². The molecule has 1 unspecified atom stereocenters. The molecule has 0 bridgehead atoms. The van der Waals surface area contributed by atoms with Gasteiger partial charge in [0.15, 0.2) is 5.60 Å². The highest BCUT2D eigenvalue weighted by molar-refractivity contribution is 5.88. The summed E-state index contributed by atoms with van der Waals surface area (Å²) in [5, 5.41) is 33.6. The average molecular weight is 390 g/mol. The second-order valence-corrected chi connectivity index (χ2v) is 7.56. The molecule has 0 aliphatic carbocycles. The van der Waals surface area contributed by atoms with Gasteiger partial charge in [-0.3, -0.25) is 9.59 Å². The molecule has 0 spiro atoms. The van der Waals surface area contributed by atoms with Crippen LogP contribution in [0.4, 0.5) is 0 Å². The highest BCUT2D eigenvalue weighted by atomic mass is 16.3. The Morgan fingerprint density at radius 2 is 1.82 bits per heavy atom. The van der Waals surface area contributed by atoms with Crippen molar-refractivity contribution in [3.63, 3.8) is 0 Å². The smallest absolute Gasteiger partial charge is 0.255 e. The Labute approximate surface area is 165 Å². The van der Waals surface area contributed by atoms with Gasteiger partial charge in [0.1, 0.15) is 11.5 Å². The zero-order valence-electron chi connectivity index (χ0n) is 17.0. The molecule has 1 fully saturated rings. The van der Waals surface area contributed by atoms with E-state index in [4.69, 9.17) is 0 Å². The van der Waals surface area contributed by atoms with Gasteiger partial charge in [-0.25, -0.2) is 0 Å². The van der Waals surface area contributed by atoms with Crippen LogP contribution in [0.25, 0.3) is 6.08 Å². The Hall–Kier alpha value is -2.54. The van der Waals surface area contributed by atoms with Gasteiger partial charge in [-0.15, -0.1) is 0 Å². The van der Waals surface area contributed by atoms with Crippen LogP contribution in [0.15, 0.2) is 6.08 Å². The Morgan fingerprint density at radius 3 is 2.43 bits per heavy atom. The molecular weight excluding hydrogens is 360 g/mol. The Kier molecular flexibility index (Phi) is 6.72. The number of benzene rings is 1. The summed E-state index contributed by atoms with van der Waals surface area (Å²) in [5.41, 5.74) is 0.192. The molecule has 1 aliphatic heterocycles. The lowest BCUT2D eigenvalue weighted by molar-refractivity contribution is -0.133. The van der Waals surface area contributed by atoms with Crippen molar-refractivity contribution in [1.82, 2.24) is 10.2 Å². The molecule has 2 amide bonds. The number of phenolic OH excluding ortho intramolecular Hbond substituents is 2. The van der Waals surface area contributed by atoms with Crippen LogP contribution in [0.3, 0.4) is 0 Å². The van der Waals surface area contributed by atoms with Crippen molar-refractivity contribution >= 4 is 17.9 Å². The van der Waals surface area contributed by atoms with Crippen molar-refractivity contribution in [2.24, 2.45) is 0 Å². The second kappa shape index (κ2) is 8.65. The molecule has 1 atom stereocenters. The number of carbonyl (C=O) groups is 2. The SMILES string of the molecule is Cc1c(C)c(O)c(C=CC(C)(O)C(=O)NCCCN2CCCC2=O)c(C)c1O. The van der Waals surface area contributed by atoms with Crippen molar-refractivity contribution in [2.75, 3.05) is 19.6 Å². The number of aromatic hydroxyl groups is 2. The normalized spacial score (nSPS) is 16.6. The zero-order valence-corrected chi connectivity index (χ0v) is 17.0. The third-order valence-electron chi connectivity index (χ3n) is 5.38. The van der Waals surface area contributed by atoms with Crippen LogP contribution >= 0.6 is 0 Å². The monoisotopic (exact) mass is 390 g/mol. The van der Waals surface area contributed by atoms with E-state index in [1.54, 1.807) is 25.7 Å². The summed E-state index contributed by atoms with van der Waals surface area (Å²) in [6.45, 7) is 8.12. The summed E-state index contributed by atoms with van der Waals surface area (Å²) in [5.74, 6) is -0.333. The van der Waals surface area contributed by atoms with Crippen molar-refractivity contribution in [3.05, 3.63) is 28.3 Å². The molecule has 1 aromatic carbocycles. The van der Waals surface area contributed by atoms with E-state index in [0.717, 1.165) is 13.0 Å². The van der Waals surface area contributed by atoms with Gasteiger partial charge >= 0.3 is 0 Å². The fourth-order valence-electron chi connectivity index (χ4n) is 3.26. The first kappa shape index (κ1) is 21.8. The van der Waals surface area contributed by atoms with Crippen LogP contribution in [-0.4, -0.2) is 57.3 Å². The minimum absolute atomic E-state index is 0.00976. The fraction of sp³-hybridized carbons (Fsp3) is 0.524. The van der Waals surface area contributed by atoms with E-state index < -0.39 is 11.5 Å². The maximum atomic E-state index is 12.3. The molecule has 154 valence electrons. The summed E-state index contributed by atoms with van der Waals surface area (Å²) < 4.78 is 0. The van der Waals surface area contributed by atoms with Crippen LogP contribution in [0, 0.1) is 20.8 Å². The lowest BCUT2D eigenvalue weighted by atomic mass is 9.95. The van der Waals surface area contributed by atoms with Gasteiger partial charge in [-0.1, -0.05) is 6.08 Å². The number of likely N-dealkylation sites (tertiary alicyclic amines) is 1. The number of phenols is 2. The molecule has 1 heterocycles. The predicted octanol–water partition coefficient (Wildman–Crippen LogP) is 1.92. The third-order valence-corrected chi connectivity index (χ3v) is 5.38. The molecule has 0 radical (unpaired) electrons. The molecule has 0 saturated carbocycles. The van der Waals surface area contributed by atoms with Gasteiger partial charge in [0.2, 0.25) is 5.91 Å². The van der Waals surface area contributed by atoms with Crippen molar-refractivity contribution in [2.45, 2.75) is 52.6 Å². The van der Waals surface area contributed by atoms with Crippen LogP contribution in [0.5, 0.6) is 11.5 Å². The Balaban J connectivity index is 1.98. The maximum Gasteiger partial charge on any atom is 0.255 e. The van der Waals surface area contributed by atoms with E-state index in [1.165, 1.54) is 19.1 Å². The van der Waals surface area contributed by atoms with E-state index in [1.807, 2.05) is 0 Å². The topological polar surface area (TPSA) is 110 Å². The highest BCUT2D eigenvalue weighted by Gasteiger charge is 2.27. The number of nitrogens with zero attached hydrogens (tertiary/aromatic N) is 1. The predicted molar refractivity (Wildman–Crippen MR) is 107 cm³/mol. The summed E-state index contributed by atoms with van der Waals surface area (Å²) in [7, 11) is 0. The number of hydrogen-bond donors (Lipinski definition) is 4. The molecule has 7 nitrogen and oxygen atoms in total. The number of aliphatic hydroxyl groups is 1. The van der Waals surface area contributed by atoms with Gasteiger partial charge in [0.05, 0.1) is 0 Å². The Morgan fingerprint density at radius 1 is 1.18 bits per heavy atom. The van der Waals surface area contributed by atoms with E-state index >= 15 is 0 Å². The minimum Gasteiger partial charge on any atom is -0.507 e. The van der Waals surface area contributed by atoms with Gasteiger partial charge < -0.3 is 25.5 Å². The summed E-state index contributed by atoms with van der Waals surface area (Å²) in [6, 6.07) is 0. The number of amides is 2. The quantitative estimate of drug-likeness (QED) is 0.420. The Bertz CT molecular complexity index is 769. The summed E-state index contributed by atoms with van der Waals surface area (Å²) in [6.07, 6.45) is 4.82. The van der Waals surface area contributed by atoms with E-state index in [2.05, 4.69) is 5.32 Å². The molecule has 1 saturated heterocycles. The van der Waals surface area contributed by atoms with Crippen molar-refractivity contribution in [1.29, 1.82) is 0 Å². The van der Waals surface area contributed by atoms with Gasteiger partial charge in [0, 0.05) is 37.2 Å². The van der Waals surface area contributed by atoms with Crippen LogP contribution in [-0.2, 0) is 9.59 Å².